The molecule has 120 valence electrons. The summed E-state index contributed by atoms with van der Waals surface area (Å²) in [6, 6.07) is 15.6. The zero-order chi connectivity index (χ0) is 16.4. The minimum absolute atomic E-state index is 0.0332. The summed E-state index contributed by atoms with van der Waals surface area (Å²) in [7, 11) is 2.03. The molecule has 23 heavy (non-hydrogen) atoms. The van der Waals surface area contributed by atoms with Crippen molar-refractivity contribution in [3.8, 4) is 0 Å². The van der Waals surface area contributed by atoms with Crippen LogP contribution in [0.2, 0.25) is 0 Å². The quantitative estimate of drug-likeness (QED) is 0.904. The lowest BCUT2D eigenvalue weighted by atomic mass is 9.88. The van der Waals surface area contributed by atoms with E-state index in [0.717, 1.165) is 18.5 Å². The van der Waals surface area contributed by atoms with Gasteiger partial charge in [0.15, 0.2) is 0 Å². The van der Waals surface area contributed by atoms with Crippen molar-refractivity contribution in [3.63, 3.8) is 0 Å². The van der Waals surface area contributed by atoms with E-state index < -0.39 is 12.0 Å². The topological polar surface area (TPSA) is 66.6 Å². The van der Waals surface area contributed by atoms with Gasteiger partial charge >= 0.3 is 0 Å². The molecule has 1 amide bonds. The Balaban J connectivity index is 1.79. The Kier molecular flexibility index (Phi) is 4.46. The maximum absolute atomic E-state index is 11.5. The molecule has 0 unspecified atom stereocenters. The van der Waals surface area contributed by atoms with E-state index in [2.05, 4.69) is 17.0 Å². The van der Waals surface area contributed by atoms with E-state index in [-0.39, 0.29) is 6.04 Å². The zero-order valence-electron chi connectivity index (χ0n) is 13.3. The number of carbonyl (C=O) groups is 1. The molecule has 0 aliphatic carbocycles. The van der Waals surface area contributed by atoms with E-state index >= 15 is 0 Å². The Morgan fingerprint density at radius 1 is 1.22 bits per heavy atom. The SMILES string of the molecule is CN1Cc2ccccc2C[C@H]1[C@H](O)Cc1ccccc1C(N)=O. The molecule has 3 rings (SSSR count). The molecule has 2 aromatic carbocycles. The van der Waals surface area contributed by atoms with E-state index in [1.165, 1.54) is 11.1 Å². The molecule has 1 heterocycles. The van der Waals surface area contributed by atoms with Gasteiger partial charge in [0.1, 0.15) is 0 Å². The molecule has 0 aromatic heterocycles. The summed E-state index contributed by atoms with van der Waals surface area (Å²) in [5.74, 6) is -0.449. The summed E-state index contributed by atoms with van der Waals surface area (Å²) in [5, 5.41) is 10.7. The molecule has 1 aliphatic rings. The lowest BCUT2D eigenvalue weighted by Gasteiger charge is -2.37. The molecule has 0 radical (unpaired) electrons. The van der Waals surface area contributed by atoms with Crippen LogP contribution in [0.1, 0.15) is 27.0 Å². The molecule has 1 aliphatic heterocycles. The van der Waals surface area contributed by atoms with Crippen LogP contribution in [0.4, 0.5) is 0 Å². The smallest absolute Gasteiger partial charge is 0.248 e. The van der Waals surface area contributed by atoms with E-state index in [9.17, 15) is 9.90 Å². The number of amides is 1. The van der Waals surface area contributed by atoms with E-state index in [0.29, 0.717) is 12.0 Å². The van der Waals surface area contributed by atoms with Crippen LogP contribution in [0, 0.1) is 0 Å². The van der Waals surface area contributed by atoms with E-state index in [1.54, 1.807) is 12.1 Å². The summed E-state index contributed by atoms with van der Waals surface area (Å²) in [6.07, 6.45) is 0.692. The summed E-state index contributed by atoms with van der Waals surface area (Å²) >= 11 is 0. The van der Waals surface area contributed by atoms with E-state index in [4.69, 9.17) is 5.73 Å². The number of rotatable bonds is 4. The van der Waals surface area contributed by atoms with Crippen LogP contribution in [-0.4, -0.2) is 35.1 Å². The third kappa shape index (κ3) is 3.28. The number of benzene rings is 2. The van der Waals surface area contributed by atoms with Crippen LogP contribution in [0.5, 0.6) is 0 Å². The molecular weight excluding hydrogens is 288 g/mol. The first kappa shape index (κ1) is 15.7. The van der Waals surface area contributed by atoms with Crippen LogP contribution in [-0.2, 0) is 19.4 Å². The van der Waals surface area contributed by atoms with Crippen molar-refractivity contribution >= 4 is 5.91 Å². The van der Waals surface area contributed by atoms with Crippen molar-refractivity contribution in [2.75, 3.05) is 7.05 Å². The van der Waals surface area contributed by atoms with Crippen molar-refractivity contribution in [1.82, 2.24) is 4.90 Å². The maximum atomic E-state index is 11.5. The second-order valence-electron chi connectivity index (χ2n) is 6.25. The third-order valence-electron chi connectivity index (χ3n) is 4.69. The van der Waals surface area contributed by atoms with Gasteiger partial charge in [0.2, 0.25) is 5.91 Å². The van der Waals surface area contributed by atoms with Gasteiger partial charge in [0.25, 0.3) is 0 Å². The Morgan fingerprint density at radius 3 is 2.61 bits per heavy atom. The van der Waals surface area contributed by atoms with Crippen molar-refractivity contribution in [1.29, 1.82) is 0 Å². The van der Waals surface area contributed by atoms with Gasteiger partial charge in [-0.1, -0.05) is 42.5 Å². The minimum Gasteiger partial charge on any atom is -0.391 e. The second-order valence-corrected chi connectivity index (χ2v) is 6.25. The number of likely N-dealkylation sites (N-methyl/N-ethyl adjacent to an activating group) is 1. The van der Waals surface area contributed by atoms with Crippen LogP contribution in [0.15, 0.2) is 48.5 Å². The standard InChI is InChI=1S/C19H22N2O2/c1-21-12-15-8-3-2-6-13(15)10-17(21)18(22)11-14-7-4-5-9-16(14)19(20)23/h2-9,17-18,22H,10-12H2,1H3,(H2,20,23)/t17-,18+/m0/s1. The fourth-order valence-corrected chi connectivity index (χ4v) is 3.41. The Morgan fingerprint density at radius 2 is 1.87 bits per heavy atom. The van der Waals surface area contributed by atoms with Crippen LogP contribution >= 0.6 is 0 Å². The van der Waals surface area contributed by atoms with Crippen LogP contribution in [0.25, 0.3) is 0 Å². The average Bonchev–Trinajstić information content (AvgIpc) is 2.54. The van der Waals surface area contributed by atoms with Gasteiger partial charge in [-0.15, -0.1) is 0 Å². The van der Waals surface area contributed by atoms with Crippen molar-refractivity contribution in [2.24, 2.45) is 5.73 Å². The van der Waals surface area contributed by atoms with E-state index in [1.807, 2.05) is 31.3 Å². The number of primary amides is 1. The molecule has 3 N–H and O–H groups in total. The highest BCUT2D eigenvalue weighted by molar-refractivity contribution is 5.94. The Hall–Kier alpha value is -2.17. The normalized spacial score (nSPS) is 19.1. The number of nitrogens with two attached hydrogens (primary N) is 1. The fourth-order valence-electron chi connectivity index (χ4n) is 3.41. The number of carbonyl (C=O) groups excluding carboxylic acids is 1. The molecule has 2 atom stereocenters. The molecule has 2 aromatic rings. The minimum atomic E-state index is -0.547. The van der Waals surface area contributed by atoms with Gasteiger partial charge in [-0.25, -0.2) is 0 Å². The molecular formula is C19H22N2O2. The summed E-state index contributed by atoms with van der Waals surface area (Å²) in [6.45, 7) is 0.829. The number of fused-ring (bicyclic) bond motifs is 1. The molecule has 0 saturated heterocycles. The van der Waals surface area contributed by atoms with Crippen molar-refractivity contribution < 1.29 is 9.90 Å². The number of nitrogens with zero attached hydrogens (tertiary/aromatic N) is 1. The van der Waals surface area contributed by atoms with Gasteiger partial charge in [-0.3, -0.25) is 9.69 Å². The molecule has 0 spiro atoms. The number of hydrogen-bond acceptors (Lipinski definition) is 3. The van der Waals surface area contributed by atoms with Gasteiger partial charge in [-0.05, 0) is 36.2 Å². The first-order chi connectivity index (χ1) is 11.1. The number of aliphatic hydroxyl groups excluding tert-OH is 1. The molecule has 0 saturated carbocycles. The molecule has 4 nitrogen and oxygen atoms in total. The summed E-state index contributed by atoms with van der Waals surface area (Å²) < 4.78 is 0. The lowest BCUT2D eigenvalue weighted by Crippen LogP contribution is -2.46. The summed E-state index contributed by atoms with van der Waals surface area (Å²) in [4.78, 5) is 13.7. The Bertz CT molecular complexity index is 714. The fraction of sp³-hybridized carbons (Fsp3) is 0.316. The third-order valence-corrected chi connectivity index (χ3v) is 4.69. The van der Waals surface area contributed by atoms with Crippen LogP contribution < -0.4 is 5.73 Å². The number of aliphatic hydroxyl groups is 1. The molecule has 0 bridgehead atoms. The lowest BCUT2D eigenvalue weighted by molar-refractivity contribution is 0.0529. The van der Waals surface area contributed by atoms with Crippen LogP contribution in [0.3, 0.4) is 0 Å². The van der Waals surface area contributed by atoms with Gasteiger partial charge in [-0.2, -0.15) is 0 Å². The average molecular weight is 310 g/mol. The van der Waals surface area contributed by atoms with Gasteiger partial charge in [0.05, 0.1) is 6.10 Å². The predicted octanol–water partition coefficient (Wildman–Crippen LogP) is 1.75. The second kappa shape index (κ2) is 6.52. The summed E-state index contributed by atoms with van der Waals surface area (Å²) in [5.41, 5.74) is 9.33. The highest BCUT2D eigenvalue weighted by Gasteiger charge is 2.29. The maximum Gasteiger partial charge on any atom is 0.248 e. The van der Waals surface area contributed by atoms with Crippen molar-refractivity contribution in [2.45, 2.75) is 31.5 Å². The Labute approximate surface area is 136 Å². The highest BCUT2D eigenvalue weighted by atomic mass is 16.3. The first-order valence-electron chi connectivity index (χ1n) is 7.89. The van der Waals surface area contributed by atoms with Gasteiger partial charge < -0.3 is 10.8 Å². The largest absolute Gasteiger partial charge is 0.391 e. The van der Waals surface area contributed by atoms with Gasteiger partial charge in [0, 0.05) is 24.6 Å². The molecule has 0 fully saturated rings. The monoisotopic (exact) mass is 310 g/mol. The first-order valence-corrected chi connectivity index (χ1v) is 7.89. The van der Waals surface area contributed by atoms with Crippen molar-refractivity contribution in [3.05, 3.63) is 70.8 Å². The predicted molar refractivity (Wildman–Crippen MR) is 90.1 cm³/mol. The molecule has 4 heteroatoms. The highest BCUT2D eigenvalue weighted by Crippen LogP contribution is 2.25. The number of hydrogen-bond donors (Lipinski definition) is 2. The zero-order valence-corrected chi connectivity index (χ0v) is 13.3.